The highest BCUT2D eigenvalue weighted by atomic mass is 16.5. The first-order valence-electron chi connectivity index (χ1n) is 9.47. The van der Waals surface area contributed by atoms with Crippen molar-refractivity contribution in [1.29, 1.82) is 0 Å². The topological polar surface area (TPSA) is 49.3 Å². The number of ether oxygens (including phenoxy) is 2. The third-order valence-electron chi connectivity index (χ3n) is 4.96. The van der Waals surface area contributed by atoms with Crippen LogP contribution in [0.5, 0.6) is 0 Å². The van der Waals surface area contributed by atoms with Gasteiger partial charge in [0.15, 0.2) is 5.96 Å². The summed E-state index contributed by atoms with van der Waals surface area (Å²) in [5.74, 6) is 2.29. The molecule has 0 bridgehead atoms. The maximum absolute atomic E-state index is 5.67. The fourth-order valence-electron chi connectivity index (χ4n) is 3.62. The number of nitrogens with one attached hydrogen (secondary N) is 1. The molecule has 2 aliphatic rings. The Kier molecular flexibility index (Phi) is 8.84. The fraction of sp³-hybridized carbons (Fsp3) is 0.944. The summed E-state index contributed by atoms with van der Waals surface area (Å²) in [6.45, 7) is 11.4. The molecule has 2 heterocycles. The molecule has 140 valence electrons. The minimum absolute atomic E-state index is 0.599. The number of methoxy groups -OCH3 is 1. The van der Waals surface area contributed by atoms with E-state index in [1.54, 1.807) is 7.11 Å². The highest BCUT2D eigenvalue weighted by Gasteiger charge is 2.25. The Morgan fingerprint density at radius 3 is 2.75 bits per heavy atom. The Morgan fingerprint density at radius 2 is 2.04 bits per heavy atom. The fourth-order valence-corrected chi connectivity index (χ4v) is 3.62. The van der Waals surface area contributed by atoms with E-state index in [1.807, 2.05) is 7.05 Å². The van der Waals surface area contributed by atoms with Gasteiger partial charge in [-0.2, -0.15) is 0 Å². The zero-order chi connectivity index (χ0) is 17.2. The molecular weight excluding hydrogens is 304 g/mol. The molecule has 2 fully saturated rings. The maximum Gasteiger partial charge on any atom is 0.193 e. The van der Waals surface area contributed by atoms with Crippen LogP contribution in [-0.4, -0.2) is 89.0 Å². The van der Waals surface area contributed by atoms with Crippen LogP contribution in [0.2, 0.25) is 0 Å². The predicted octanol–water partition coefficient (Wildman–Crippen LogP) is 1.28. The van der Waals surface area contributed by atoms with Gasteiger partial charge >= 0.3 is 0 Å². The third-order valence-corrected chi connectivity index (χ3v) is 4.96. The maximum atomic E-state index is 5.67. The standard InChI is InChI=1S/C18H36N4O2/c1-16(13-21-7-4-5-8-21)12-20-18(19-2)22-9-6-17(14-22)15-24-11-10-23-3/h16-17H,4-15H2,1-3H3,(H,19,20). The SMILES string of the molecule is CN=C(NCC(C)CN1CCCC1)N1CCC(COCCOC)C1. The van der Waals surface area contributed by atoms with Gasteiger partial charge < -0.3 is 24.6 Å². The Hall–Kier alpha value is -0.850. The van der Waals surface area contributed by atoms with Crippen LogP contribution in [0.3, 0.4) is 0 Å². The van der Waals surface area contributed by atoms with Crippen molar-refractivity contribution >= 4 is 5.96 Å². The summed E-state index contributed by atoms with van der Waals surface area (Å²) in [4.78, 5) is 9.42. The Balaban J connectivity index is 1.64. The summed E-state index contributed by atoms with van der Waals surface area (Å²) in [7, 11) is 3.59. The van der Waals surface area contributed by atoms with E-state index >= 15 is 0 Å². The van der Waals surface area contributed by atoms with Crippen molar-refractivity contribution in [2.24, 2.45) is 16.8 Å². The Labute approximate surface area is 147 Å². The van der Waals surface area contributed by atoms with E-state index in [4.69, 9.17) is 9.47 Å². The second kappa shape index (κ2) is 10.9. The van der Waals surface area contributed by atoms with Crippen LogP contribution < -0.4 is 5.32 Å². The monoisotopic (exact) mass is 340 g/mol. The van der Waals surface area contributed by atoms with E-state index in [0.717, 1.165) is 32.2 Å². The Bertz CT molecular complexity index is 372. The lowest BCUT2D eigenvalue weighted by atomic mass is 10.1. The molecule has 0 amide bonds. The van der Waals surface area contributed by atoms with Crippen molar-refractivity contribution in [3.8, 4) is 0 Å². The molecule has 0 aromatic rings. The predicted molar refractivity (Wildman–Crippen MR) is 98.6 cm³/mol. The molecule has 0 spiro atoms. The van der Waals surface area contributed by atoms with Crippen LogP contribution in [0, 0.1) is 11.8 Å². The first-order chi connectivity index (χ1) is 11.7. The molecule has 0 radical (unpaired) electrons. The number of nitrogens with zero attached hydrogens (tertiary/aromatic N) is 3. The first kappa shape index (κ1) is 19.5. The number of hydrogen-bond acceptors (Lipinski definition) is 4. The largest absolute Gasteiger partial charge is 0.382 e. The van der Waals surface area contributed by atoms with Crippen molar-refractivity contribution in [3.63, 3.8) is 0 Å². The van der Waals surface area contributed by atoms with E-state index < -0.39 is 0 Å². The highest BCUT2D eigenvalue weighted by molar-refractivity contribution is 5.80. The normalized spacial score (nSPS) is 23.9. The van der Waals surface area contributed by atoms with Gasteiger partial charge in [0.25, 0.3) is 0 Å². The van der Waals surface area contributed by atoms with Gasteiger partial charge in [0.05, 0.1) is 19.8 Å². The van der Waals surface area contributed by atoms with Crippen molar-refractivity contribution in [2.45, 2.75) is 26.2 Å². The summed E-state index contributed by atoms with van der Waals surface area (Å²) >= 11 is 0. The summed E-state index contributed by atoms with van der Waals surface area (Å²) in [6, 6.07) is 0. The average molecular weight is 341 g/mol. The lowest BCUT2D eigenvalue weighted by Gasteiger charge is -2.25. The zero-order valence-corrected chi connectivity index (χ0v) is 15.8. The van der Waals surface area contributed by atoms with Crippen LogP contribution in [0.4, 0.5) is 0 Å². The average Bonchev–Trinajstić information content (AvgIpc) is 3.24. The van der Waals surface area contributed by atoms with E-state index in [-0.39, 0.29) is 0 Å². The Morgan fingerprint density at radius 1 is 1.25 bits per heavy atom. The van der Waals surface area contributed by atoms with Crippen LogP contribution in [0.15, 0.2) is 4.99 Å². The minimum Gasteiger partial charge on any atom is -0.382 e. The van der Waals surface area contributed by atoms with Gasteiger partial charge in [-0.1, -0.05) is 6.92 Å². The molecule has 2 aliphatic heterocycles. The molecule has 0 aliphatic carbocycles. The molecule has 2 saturated heterocycles. The molecule has 6 heteroatoms. The molecule has 0 saturated carbocycles. The van der Waals surface area contributed by atoms with E-state index in [9.17, 15) is 0 Å². The summed E-state index contributed by atoms with van der Waals surface area (Å²) in [5.41, 5.74) is 0. The number of likely N-dealkylation sites (tertiary alicyclic amines) is 2. The lowest BCUT2D eigenvalue weighted by molar-refractivity contribution is 0.0536. The lowest BCUT2D eigenvalue weighted by Crippen LogP contribution is -2.43. The molecule has 6 nitrogen and oxygen atoms in total. The molecule has 0 aromatic heterocycles. The van der Waals surface area contributed by atoms with Crippen molar-refractivity contribution in [2.75, 3.05) is 73.2 Å². The first-order valence-corrected chi connectivity index (χ1v) is 9.47. The van der Waals surface area contributed by atoms with Gasteiger partial charge in [0.1, 0.15) is 0 Å². The summed E-state index contributed by atoms with van der Waals surface area (Å²) in [5, 5.41) is 3.57. The van der Waals surface area contributed by atoms with Gasteiger partial charge in [0, 0.05) is 46.3 Å². The second-order valence-electron chi connectivity index (χ2n) is 7.21. The van der Waals surface area contributed by atoms with Gasteiger partial charge in [-0.15, -0.1) is 0 Å². The molecule has 2 unspecified atom stereocenters. The van der Waals surface area contributed by atoms with Crippen molar-refractivity contribution in [1.82, 2.24) is 15.1 Å². The number of rotatable bonds is 9. The van der Waals surface area contributed by atoms with Crippen LogP contribution in [0.25, 0.3) is 0 Å². The van der Waals surface area contributed by atoms with Gasteiger partial charge in [-0.3, -0.25) is 4.99 Å². The van der Waals surface area contributed by atoms with Gasteiger partial charge in [-0.25, -0.2) is 0 Å². The smallest absolute Gasteiger partial charge is 0.193 e. The zero-order valence-electron chi connectivity index (χ0n) is 15.8. The number of hydrogen-bond donors (Lipinski definition) is 1. The van der Waals surface area contributed by atoms with E-state index in [1.165, 1.54) is 38.9 Å². The minimum atomic E-state index is 0.599. The number of guanidine groups is 1. The van der Waals surface area contributed by atoms with E-state index in [2.05, 4.69) is 27.0 Å². The van der Waals surface area contributed by atoms with Crippen LogP contribution in [-0.2, 0) is 9.47 Å². The molecule has 24 heavy (non-hydrogen) atoms. The van der Waals surface area contributed by atoms with Gasteiger partial charge in [0.2, 0.25) is 0 Å². The summed E-state index contributed by atoms with van der Waals surface area (Å²) < 4.78 is 10.7. The molecular formula is C18H36N4O2. The van der Waals surface area contributed by atoms with E-state index in [0.29, 0.717) is 25.0 Å². The van der Waals surface area contributed by atoms with Crippen molar-refractivity contribution < 1.29 is 9.47 Å². The van der Waals surface area contributed by atoms with Gasteiger partial charge in [-0.05, 0) is 38.3 Å². The molecule has 1 N–H and O–H groups in total. The van der Waals surface area contributed by atoms with Crippen molar-refractivity contribution in [3.05, 3.63) is 0 Å². The molecule has 2 rings (SSSR count). The van der Waals surface area contributed by atoms with Crippen LogP contribution >= 0.6 is 0 Å². The third kappa shape index (κ3) is 6.57. The number of aliphatic imine (C=N–C) groups is 1. The highest BCUT2D eigenvalue weighted by Crippen LogP contribution is 2.17. The van der Waals surface area contributed by atoms with Crippen LogP contribution in [0.1, 0.15) is 26.2 Å². The quantitative estimate of drug-likeness (QED) is 0.389. The summed E-state index contributed by atoms with van der Waals surface area (Å²) in [6.07, 6.45) is 3.91. The molecule has 0 aromatic carbocycles. The second-order valence-corrected chi connectivity index (χ2v) is 7.21. The molecule has 2 atom stereocenters.